The van der Waals surface area contributed by atoms with E-state index in [1.165, 1.54) is 24.8 Å². The first-order chi connectivity index (χ1) is 7.81. The Morgan fingerprint density at radius 3 is 2.25 bits per heavy atom. The van der Waals surface area contributed by atoms with Gasteiger partial charge >= 0.3 is 0 Å². The zero-order valence-electron chi connectivity index (χ0n) is 9.56. The van der Waals surface area contributed by atoms with Gasteiger partial charge in [0.25, 0.3) is 0 Å². The van der Waals surface area contributed by atoms with Gasteiger partial charge in [-0.2, -0.15) is 0 Å². The molecular formula is C15H18O. The lowest BCUT2D eigenvalue weighted by Gasteiger charge is -2.10. The molecule has 0 aliphatic heterocycles. The summed E-state index contributed by atoms with van der Waals surface area (Å²) in [5, 5.41) is 0. The van der Waals surface area contributed by atoms with Crippen LogP contribution in [0.15, 0.2) is 30.3 Å². The first-order valence-corrected chi connectivity index (χ1v) is 6.37. The standard InChI is InChI=1S/C15H18O/c16-15-9-13-7-12(8-14(13)10-15)6-11-4-2-1-3-5-11/h1-5,12-14H,6-10H2/t12?,13-,14+. The quantitative estimate of drug-likeness (QED) is 0.738. The van der Waals surface area contributed by atoms with Crippen molar-refractivity contribution in [3.05, 3.63) is 35.9 Å². The molecule has 16 heavy (non-hydrogen) atoms. The van der Waals surface area contributed by atoms with Crippen LogP contribution >= 0.6 is 0 Å². The summed E-state index contributed by atoms with van der Waals surface area (Å²) in [4.78, 5) is 11.3. The van der Waals surface area contributed by atoms with E-state index in [-0.39, 0.29) is 0 Å². The van der Waals surface area contributed by atoms with Gasteiger partial charge in [0.2, 0.25) is 0 Å². The minimum Gasteiger partial charge on any atom is -0.300 e. The number of carbonyl (C=O) groups is 1. The normalized spacial score (nSPS) is 33.0. The number of fused-ring (bicyclic) bond motifs is 1. The number of ketones is 1. The van der Waals surface area contributed by atoms with E-state index in [0.29, 0.717) is 5.78 Å². The third kappa shape index (κ3) is 1.91. The molecule has 0 heterocycles. The van der Waals surface area contributed by atoms with Gasteiger partial charge in [-0.25, -0.2) is 0 Å². The first kappa shape index (κ1) is 10.1. The molecule has 2 fully saturated rings. The zero-order valence-corrected chi connectivity index (χ0v) is 9.56. The second-order valence-corrected chi connectivity index (χ2v) is 5.49. The molecule has 0 radical (unpaired) electrons. The van der Waals surface area contributed by atoms with Crippen molar-refractivity contribution < 1.29 is 4.79 Å². The molecule has 1 unspecified atom stereocenters. The lowest BCUT2D eigenvalue weighted by Crippen LogP contribution is -2.03. The summed E-state index contributed by atoms with van der Waals surface area (Å²) in [5.74, 6) is 2.78. The van der Waals surface area contributed by atoms with E-state index in [4.69, 9.17) is 0 Å². The number of rotatable bonds is 2. The van der Waals surface area contributed by atoms with Gasteiger partial charge < -0.3 is 0 Å². The maximum absolute atomic E-state index is 11.3. The minimum atomic E-state index is 0.508. The molecular weight excluding hydrogens is 196 g/mol. The monoisotopic (exact) mass is 214 g/mol. The summed E-state index contributed by atoms with van der Waals surface area (Å²) in [7, 11) is 0. The van der Waals surface area contributed by atoms with Crippen LogP contribution in [0.5, 0.6) is 0 Å². The molecule has 1 nitrogen and oxygen atoms in total. The topological polar surface area (TPSA) is 17.1 Å². The Bertz CT molecular complexity index is 366. The van der Waals surface area contributed by atoms with Gasteiger partial charge in [-0.15, -0.1) is 0 Å². The number of hydrogen-bond acceptors (Lipinski definition) is 1. The highest BCUT2D eigenvalue weighted by Gasteiger charge is 2.40. The molecule has 3 rings (SSSR count). The fourth-order valence-electron chi connectivity index (χ4n) is 3.62. The van der Waals surface area contributed by atoms with Gasteiger partial charge in [-0.1, -0.05) is 30.3 Å². The predicted octanol–water partition coefficient (Wildman–Crippen LogP) is 3.23. The Kier molecular flexibility index (Phi) is 2.55. The Morgan fingerprint density at radius 1 is 1.00 bits per heavy atom. The zero-order chi connectivity index (χ0) is 11.0. The van der Waals surface area contributed by atoms with Crippen molar-refractivity contribution in [1.82, 2.24) is 0 Å². The van der Waals surface area contributed by atoms with Crippen molar-refractivity contribution in [2.45, 2.75) is 32.1 Å². The van der Waals surface area contributed by atoms with Gasteiger partial charge in [-0.05, 0) is 42.6 Å². The van der Waals surface area contributed by atoms with Gasteiger partial charge in [0, 0.05) is 12.8 Å². The molecule has 0 amide bonds. The van der Waals surface area contributed by atoms with Crippen LogP contribution in [0, 0.1) is 17.8 Å². The van der Waals surface area contributed by atoms with E-state index in [0.717, 1.165) is 30.6 Å². The SMILES string of the molecule is O=C1C[C@@H]2CC(Cc3ccccc3)C[C@@H]2C1. The second kappa shape index (κ2) is 4.04. The van der Waals surface area contributed by atoms with E-state index >= 15 is 0 Å². The average molecular weight is 214 g/mol. The fraction of sp³-hybridized carbons (Fsp3) is 0.533. The van der Waals surface area contributed by atoms with Crippen LogP contribution in [0.25, 0.3) is 0 Å². The van der Waals surface area contributed by atoms with E-state index in [1.54, 1.807) is 0 Å². The molecule has 0 aromatic heterocycles. The fourth-order valence-corrected chi connectivity index (χ4v) is 3.62. The highest BCUT2D eigenvalue weighted by molar-refractivity contribution is 5.81. The lowest BCUT2D eigenvalue weighted by molar-refractivity contribution is -0.117. The maximum Gasteiger partial charge on any atom is 0.133 e. The van der Waals surface area contributed by atoms with E-state index in [2.05, 4.69) is 30.3 Å². The van der Waals surface area contributed by atoms with E-state index < -0.39 is 0 Å². The minimum absolute atomic E-state index is 0.508. The van der Waals surface area contributed by atoms with Crippen molar-refractivity contribution in [2.75, 3.05) is 0 Å². The van der Waals surface area contributed by atoms with Crippen molar-refractivity contribution >= 4 is 5.78 Å². The van der Waals surface area contributed by atoms with Gasteiger partial charge in [0.05, 0.1) is 0 Å². The van der Waals surface area contributed by atoms with Crippen molar-refractivity contribution in [1.29, 1.82) is 0 Å². The van der Waals surface area contributed by atoms with Crippen LogP contribution in [0.1, 0.15) is 31.2 Å². The van der Waals surface area contributed by atoms with Crippen molar-refractivity contribution in [2.24, 2.45) is 17.8 Å². The van der Waals surface area contributed by atoms with Crippen LogP contribution < -0.4 is 0 Å². The van der Waals surface area contributed by atoms with E-state index in [1.807, 2.05) is 0 Å². The molecule has 0 saturated heterocycles. The van der Waals surface area contributed by atoms with Gasteiger partial charge in [-0.3, -0.25) is 4.79 Å². The molecule has 1 aromatic rings. The van der Waals surface area contributed by atoms with E-state index in [9.17, 15) is 4.79 Å². The molecule has 1 heteroatoms. The number of Topliss-reactive ketones (excluding diaryl/α,β-unsaturated/α-hetero) is 1. The van der Waals surface area contributed by atoms with Gasteiger partial charge in [0.15, 0.2) is 0 Å². The van der Waals surface area contributed by atoms with Gasteiger partial charge in [0.1, 0.15) is 5.78 Å². The molecule has 84 valence electrons. The summed E-state index contributed by atoms with van der Waals surface area (Å²) in [6, 6.07) is 10.8. The number of hydrogen-bond donors (Lipinski definition) is 0. The molecule has 0 spiro atoms. The van der Waals surface area contributed by atoms with Crippen LogP contribution in [0.2, 0.25) is 0 Å². The Morgan fingerprint density at radius 2 is 1.62 bits per heavy atom. The molecule has 0 N–H and O–H groups in total. The lowest BCUT2D eigenvalue weighted by atomic mass is 9.95. The summed E-state index contributed by atoms with van der Waals surface area (Å²) >= 11 is 0. The summed E-state index contributed by atoms with van der Waals surface area (Å²) < 4.78 is 0. The summed E-state index contributed by atoms with van der Waals surface area (Å²) in [5.41, 5.74) is 1.46. The number of benzene rings is 1. The van der Waals surface area contributed by atoms with Crippen molar-refractivity contribution in [3.63, 3.8) is 0 Å². The molecule has 0 bridgehead atoms. The van der Waals surface area contributed by atoms with Crippen molar-refractivity contribution in [3.8, 4) is 0 Å². The Hall–Kier alpha value is -1.11. The maximum atomic E-state index is 11.3. The summed E-state index contributed by atoms with van der Waals surface area (Å²) in [6.45, 7) is 0. The summed E-state index contributed by atoms with van der Waals surface area (Å²) in [6.07, 6.45) is 5.52. The molecule has 2 saturated carbocycles. The van der Waals surface area contributed by atoms with Crippen LogP contribution in [-0.4, -0.2) is 5.78 Å². The predicted molar refractivity (Wildman–Crippen MR) is 64.1 cm³/mol. The highest BCUT2D eigenvalue weighted by Crippen LogP contribution is 2.46. The Balaban J connectivity index is 1.62. The van der Waals surface area contributed by atoms with Crippen LogP contribution in [0.4, 0.5) is 0 Å². The molecule has 1 aromatic carbocycles. The number of carbonyl (C=O) groups excluding carboxylic acids is 1. The van der Waals surface area contributed by atoms with Crippen LogP contribution in [-0.2, 0) is 11.2 Å². The van der Waals surface area contributed by atoms with Crippen LogP contribution in [0.3, 0.4) is 0 Å². The Labute approximate surface area is 96.9 Å². The molecule has 3 atom stereocenters. The highest BCUT2D eigenvalue weighted by atomic mass is 16.1. The third-order valence-corrected chi connectivity index (χ3v) is 4.29. The third-order valence-electron chi connectivity index (χ3n) is 4.29. The first-order valence-electron chi connectivity index (χ1n) is 6.37. The largest absolute Gasteiger partial charge is 0.300 e. The molecule has 2 aliphatic carbocycles. The smallest absolute Gasteiger partial charge is 0.133 e. The molecule has 2 aliphatic rings. The average Bonchev–Trinajstić information content (AvgIpc) is 2.76. The second-order valence-electron chi connectivity index (χ2n) is 5.49.